The Hall–Kier alpha value is -0.870. The molecule has 4 nitrogen and oxygen atoms in total. The number of rotatable bonds is 3. The molecule has 0 bridgehead atoms. The Morgan fingerprint density at radius 1 is 1.41 bits per heavy atom. The number of aromatic nitrogens is 2. The van der Waals surface area contributed by atoms with E-state index < -0.39 is 0 Å². The van der Waals surface area contributed by atoms with Gasteiger partial charge in [0.25, 0.3) is 0 Å². The van der Waals surface area contributed by atoms with Gasteiger partial charge in [0, 0.05) is 31.9 Å². The number of hydrogen-bond donors (Lipinski definition) is 0. The Morgan fingerprint density at radius 2 is 2.24 bits per heavy atom. The molecule has 0 spiro atoms. The maximum absolute atomic E-state index is 5.78. The number of anilines is 1. The van der Waals surface area contributed by atoms with Gasteiger partial charge in [-0.2, -0.15) is 0 Å². The Labute approximate surface area is 108 Å². The molecule has 1 aromatic rings. The van der Waals surface area contributed by atoms with Crippen LogP contribution in [0.5, 0.6) is 0 Å². The molecule has 1 fully saturated rings. The smallest absolute Gasteiger partial charge is 0.147 e. The first-order chi connectivity index (χ1) is 8.24. The predicted molar refractivity (Wildman–Crippen MR) is 70.5 cm³/mol. The lowest BCUT2D eigenvalue weighted by Crippen LogP contribution is -2.52. The zero-order valence-electron chi connectivity index (χ0n) is 10.4. The summed E-state index contributed by atoms with van der Waals surface area (Å²) in [6.45, 7) is 8.69. The van der Waals surface area contributed by atoms with Crippen molar-refractivity contribution in [1.29, 1.82) is 0 Å². The second-order valence-corrected chi connectivity index (χ2v) is 4.69. The van der Waals surface area contributed by atoms with E-state index in [0.29, 0.717) is 11.9 Å². The minimum atomic E-state index is 0.422. The fourth-order valence-corrected chi connectivity index (χ4v) is 2.41. The standard InChI is InChI=1S/C12H19ClN4/c1-3-16-4-5-17(9-10(16)2)12-8-14-7-11(6-13)15-12/h7-8,10H,3-6,9H2,1-2H3. The van der Waals surface area contributed by atoms with Crippen molar-refractivity contribution in [2.45, 2.75) is 25.8 Å². The van der Waals surface area contributed by atoms with Crippen LogP contribution in [0.4, 0.5) is 5.82 Å². The molecule has 1 aliphatic heterocycles. The molecule has 0 saturated carbocycles. The molecular formula is C12H19ClN4. The summed E-state index contributed by atoms with van der Waals surface area (Å²) in [6, 6.07) is 0.565. The fourth-order valence-electron chi connectivity index (χ4n) is 2.28. The van der Waals surface area contributed by atoms with Crippen molar-refractivity contribution < 1.29 is 0 Å². The summed E-state index contributed by atoms with van der Waals surface area (Å²) in [5.41, 5.74) is 0.842. The van der Waals surface area contributed by atoms with E-state index in [-0.39, 0.29) is 0 Å². The molecular weight excluding hydrogens is 236 g/mol. The molecule has 94 valence electrons. The minimum absolute atomic E-state index is 0.422. The van der Waals surface area contributed by atoms with Crippen molar-refractivity contribution in [3.8, 4) is 0 Å². The van der Waals surface area contributed by atoms with E-state index in [2.05, 4.69) is 33.6 Å². The molecule has 1 atom stereocenters. The summed E-state index contributed by atoms with van der Waals surface area (Å²) in [7, 11) is 0. The highest BCUT2D eigenvalue weighted by atomic mass is 35.5. The average Bonchev–Trinajstić information content (AvgIpc) is 2.38. The van der Waals surface area contributed by atoms with E-state index >= 15 is 0 Å². The molecule has 1 aromatic heterocycles. The molecule has 0 aromatic carbocycles. The maximum atomic E-state index is 5.78. The third kappa shape index (κ3) is 2.87. The molecule has 1 unspecified atom stereocenters. The van der Waals surface area contributed by atoms with Gasteiger partial charge in [-0.1, -0.05) is 6.92 Å². The largest absolute Gasteiger partial charge is 0.352 e. The highest BCUT2D eigenvalue weighted by molar-refractivity contribution is 6.16. The summed E-state index contributed by atoms with van der Waals surface area (Å²) in [5.74, 6) is 1.37. The monoisotopic (exact) mass is 254 g/mol. The number of hydrogen-bond acceptors (Lipinski definition) is 4. The zero-order valence-corrected chi connectivity index (χ0v) is 11.2. The number of halogens is 1. The summed E-state index contributed by atoms with van der Waals surface area (Å²) >= 11 is 5.78. The topological polar surface area (TPSA) is 32.3 Å². The van der Waals surface area contributed by atoms with Gasteiger partial charge >= 0.3 is 0 Å². The van der Waals surface area contributed by atoms with E-state index in [1.165, 1.54) is 0 Å². The van der Waals surface area contributed by atoms with Crippen molar-refractivity contribution in [2.75, 3.05) is 31.1 Å². The van der Waals surface area contributed by atoms with Crippen LogP contribution in [0.15, 0.2) is 12.4 Å². The van der Waals surface area contributed by atoms with Crippen molar-refractivity contribution >= 4 is 17.4 Å². The third-order valence-corrected chi connectivity index (χ3v) is 3.58. The quantitative estimate of drug-likeness (QED) is 0.770. The van der Waals surface area contributed by atoms with Crippen LogP contribution in [-0.4, -0.2) is 47.1 Å². The average molecular weight is 255 g/mol. The Kier molecular flexibility index (Phi) is 4.18. The molecule has 2 rings (SSSR count). The SMILES string of the molecule is CCN1CCN(c2cncc(CCl)n2)CC1C. The van der Waals surface area contributed by atoms with Crippen LogP contribution in [0.2, 0.25) is 0 Å². The summed E-state index contributed by atoms with van der Waals surface area (Å²) in [4.78, 5) is 13.5. The molecule has 2 heterocycles. The van der Waals surface area contributed by atoms with Crippen LogP contribution < -0.4 is 4.90 Å². The van der Waals surface area contributed by atoms with Crippen molar-refractivity contribution in [2.24, 2.45) is 0 Å². The molecule has 5 heteroatoms. The van der Waals surface area contributed by atoms with Crippen LogP contribution in [0.25, 0.3) is 0 Å². The summed E-state index contributed by atoms with van der Waals surface area (Å²) in [5, 5.41) is 0. The lowest BCUT2D eigenvalue weighted by Gasteiger charge is -2.39. The first kappa shape index (κ1) is 12.6. The number of likely N-dealkylation sites (N-methyl/N-ethyl adjacent to an activating group) is 1. The molecule has 17 heavy (non-hydrogen) atoms. The summed E-state index contributed by atoms with van der Waals surface area (Å²) in [6.07, 6.45) is 3.55. The van der Waals surface area contributed by atoms with Crippen LogP contribution in [0.3, 0.4) is 0 Å². The van der Waals surface area contributed by atoms with Gasteiger partial charge in [-0.3, -0.25) is 9.88 Å². The van der Waals surface area contributed by atoms with E-state index in [0.717, 1.165) is 37.7 Å². The highest BCUT2D eigenvalue weighted by Gasteiger charge is 2.23. The van der Waals surface area contributed by atoms with Crippen molar-refractivity contribution in [3.63, 3.8) is 0 Å². The van der Waals surface area contributed by atoms with E-state index in [1.807, 2.05) is 6.20 Å². The lowest BCUT2D eigenvalue weighted by atomic mass is 10.2. The highest BCUT2D eigenvalue weighted by Crippen LogP contribution is 2.16. The molecule has 1 saturated heterocycles. The van der Waals surface area contributed by atoms with Gasteiger partial charge in [0.15, 0.2) is 0 Å². The Balaban J connectivity index is 2.08. The van der Waals surface area contributed by atoms with Crippen molar-refractivity contribution in [3.05, 3.63) is 18.1 Å². The molecule has 1 aliphatic rings. The molecule has 0 radical (unpaired) electrons. The number of piperazine rings is 1. The van der Waals surface area contributed by atoms with Crippen LogP contribution >= 0.6 is 11.6 Å². The Bertz CT molecular complexity index is 371. The van der Waals surface area contributed by atoms with Crippen LogP contribution in [-0.2, 0) is 5.88 Å². The lowest BCUT2D eigenvalue weighted by molar-refractivity contribution is 0.199. The minimum Gasteiger partial charge on any atom is -0.352 e. The van der Waals surface area contributed by atoms with Gasteiger partial charge < -0.3 is 4.90 Å². The van der Waals surface area contributed by atoms with Gasteiger partial charge in [0.2, 0.25) is 0 Å². The molecule has 0 aliphatic carbocycles. The normalized spacial score (nSPS) is 21.8. The third-order valence-electron chi connectivity index (χ3n) is 3.30. The van der Waals surface area contributed by atoms with E-state index in [1.54, 1.807) is 6.20 Å². The van der Waals surface area contributed by atoms with Gasteiger partial charge in [-0.25, -0.2) is 4.98 Å². The maximum Gasteiger partial charge on any atom is 0.147 e. The number of alkyl halides is 1. The Morgan fingerprint density at radius 3 is 2.88 bits per heavy atom. The predicted octanol–water partition coefficient (Wildman–Crippen LogP) is 1.75. The first-order valence-electron chi connectivity index (χ1n) is 6.10. The second-order valence-electron chi connectivity index (χ2n) is 4.43. The van der Waals surface area contributed by atoms with E-state index in [9.17, 15) is 0 Å². The van der Waals surface area contributed by atoms with Gasteiger partial charge in [-0.05, 0) is 13.5 Å². The first-order valence-corrected chi connectivity index (χ1v) is 6.64. The second kappa shape index (κ2) is 5.65. The van der Waals surface area contributed by atoms with Crippen LogP contribution in [0, 0.1) is 0 Å². The van der Waals surface area contributed by atoms with E-state index in [4.69, 9.17) is 11.6 Å². The number of nitrogens with zero attached hydrogens (tertiary/aromatic N) is 4. The van der Waals surface area contributed by atoms with Gasteiger partial charge in [-0.15, -0.1) is 11.6 Å². The van der Waals surface area contributed by atoms with Crippen molar-refractivity contribution in [1.82, 2.24) is 14.9 Å². The van der Waals surface area contributed by atoms with Gasteiger partial charge in [0.1, 0.15) is 5.82 Å². The zero-order chi connectivity index (χ0) is 12.3. The molecule has 0 N–H and O–H groups in total. The summed E-state index contributed by atoms with van der Waals surface area (Å²) < 4.78 is 0. The van der Waals surface area contributed by atoms with Gasteiger partial charge in [0.05, 0.1) is 17.8 Å². The van der Waals surface area contributed by atoms with Crippen LogP contribution in [0.1, 0.15) is 19.5 Å². The molecule has 0 amide bonds. The fraction of sp³-hybridized carbons (Fsp3) is 0.667.